The Kier molecular flexibility index (Phi) is 13.6. The molecule has 0 spiro atoms. The molecule has 1 saturated heterocycles. The lowest BCUT2D eigenvalue weighted by Crippen LogP contribution is -2.33. The zero-order valence-corrected chi connectivity index (χ0v) is 14.0. The van der Waals surface area contributed by atoms with Crippen molar-refractivity contribution >= 4 is 43.7 Å². The van der Waals surface area contributed by atoms with Crippen LogP contribution in [-0.4, -0.2) is 22.5 Å². The molecular weight excluding hydrogens is 362 g/mol. The molecule has 0 radical (unpaired) electrons. The third-order valence-corrected chi connectivity index (χ3v) is 3.73. The highest BCUT2D eigenvalue weighted by molar-refractivity contribution is 9.09. The minimum atomic E-state index is -0.138. The topological polar surface area (TPSA) is 46.2 Å². The van der Waals surface area contributed by atoms with E-state index in [4.69, 9.17) is 0 Å². The molecular formula is C13H23Br2NO2. The number of hydrogen-bond donors (Lipinski definition) is 1. The fraction of sp³-hybridized carbons (Fsp3) is 0.846. The first-order valence-electron chi connectivity index (χ1n) is 6.65. The lowest BCUT2D eigenvalue weighted by molar-refractivity contribution is -0.132. The van der Waals surface area contributed by atoms with Gasteiger partial charge in [-0.15, -0.1) is 0 Å². The Balaban J connectivity index is 0.000000327. The van der Waals surface area contributed by atoms with Gasteiger partial charge in [0.05, 0.1) is 0 Å². The molecule has 1 N–H and O–H groups in total. The molecule has 1 aliphatic heterocycles. The second kappa shape index (κ2) is 13.5. The standard InChI is InChI=1S/C8H16Br2.C5H7NO2/c9-7-5-3-1-2-4-6-8-10;7-4-2-1-3-5(8)6-4/h1-8H2;1-3H2,(H,6,7,8). The van der Waals surface area contributed by atoms with E-state index in [0.717, 1.165) is 0 Å². The lowest BCUT2D eigenvalue weighted by atomic mass is 10.1. The molecule has 5 heteroatoms. The first kappa shape index (κ1) is 18.1. The van der Waals surface area contributed by atoms with Crippen molar-refractivity contribution in [2.75, 3.05) is 10.7 Å². The Labute approximate surface area is 127 Å². The molecule has 0 atom stereocenters. The molecule has 1 aliphatic rings. The summed E-state index contributed by atoms with van der Waals surface area (Å²) in [7, 11) is 0. The number of carbonyl (C=O) groups is 2. The van der Waals surface area contributed by atoms with E-state index in [2.05, 4.69) is 37.2 Å². The van der Waals surface area contributed by atoms with Crippen LogP contribution in [-0.2, 0) is 9.59 Å². The van der Waals surface area contributed by atoms with Crippen molar-refractivity contribution in [2.24, 2.45) is 0 Å². The fourth-order valence-electron chi connectivity index (χ4n) is 1.59. The number of piperidine rings is 1. The van der Waals surface area contributed by atoms with Crippen molar-refractivity contribution in [2.45, 2.75) is 57.8 Å². The Hall–Kier alpha value is 0.100. The maximum atomic E-state index is 10.3. The van der Waals surface area contributed by atoms with Gasteiger partial charge < -0.3 is 0 Å². The molecule has 0 aromatic rings. The smallest absolute Gasteiger partial charge is 0.226 e. The van der Waals surface area contributed by atoms with Crippen molar-refractivity contribution in [1.29, 1.82) is 0 Å². The zero-order valence-electron chi connectivity index (χ0n) is 10.9. The van der Waals surface area contributed by atoms with Gasteiger partial charge in [-0.05, 0) is 19.3 Å². The summed E-state index contributed by atoms with van der Waals surface area (Å²) >= 11 is 6.85. The van der Waals surface area contributed by atoms with E-state index in [9.17, 15) is 9.59 Å². The molecule has 0 aromatic heterocycles. The molecule has 0 unspecified atom stereocenters. The highest BCUT2D eigenvalue weighted by atomic mass is 79.9. The summed E-state index contributed by atoms with van der Waals surface area (Å²) in [6.07, 6.45) is 10.0. The molecule has 0 saturated carbocycles. The minimum Gasteiger partial charge on any atom is -0.296 e. The van der Waals surface area contributed by atoms with Crippen molar-refractivity contribution in [3.8, 4) is 0 Å². The molecule has 1 rings (SSSR count). The van der Waals surface area contributed by atoms with E-state index < -0.39 is 0 Å². The first-order chi connectivity index (χ1) is 8.70. The average Bonchev–Trinajstić information content (AvgIpc) is 2.34. The quantitative estimate of drug-likeness (QED) is 0.410. The van der Waals surface area contributed by atoms with Crippen LogP contribution in [0.25, 0.3) is 0 Å². The molecule has 0 aromatic carbocycles. The van der Waals surface area contributed by atoms with Gasteiger partial charge in [0.15, 0.2) is 0 Å². The number of halogens is 2. The summed E-state index contributed by atoms with van der Waals surface area (Å²) in [5, 5.41) is 4.55. The van der Waals surface area contributed by atoms with Gasteiger partial charge >= 0.3 is 0 Å². The highest BCUT2D eigenvalue weighted by Gasteiger charge is 2.12. The van der Waals surface area contributed by atoms with Crippen molar-refractivity contribution in [3.63, 3.8) is 0 Å². The summed E-state index contributed by atoms with van der Waals surface area (Å²) in [4.78, 5) is 20.7. The van der Waals surface area contributed by atoms with Crippen LogP contribution in [0.15, 0.2) is 0 Å². The van der Waals surface area contributed by atoms with Crippen molar-refractivity contribution in [1.82, 2.24) is 5.32 Å². The largest absolute Gasteiger partial charge is 0.296 e. The summed E-state index contributed by atoms with van der Waals surface area (Å²) in [6.45, 7) is 0. The van der Waals surface area contributed by atoms with Gasteiger partial charge in [-0.25, -0.2) is 0 Å². The van der Waals surface area contributed by atoms with Gasteiger partial charge in [0, 0.05) is 23.5 Å². The Morgan fingerprint density at radius 3 is 1.44 bits per heavy atom. The first-order valence-corrected chi connectivity index (χ1v) is 8.89. The number of amides is 2. The van der Waals surface area contributed by atoms with Gasteiger partial charge in [0.25, 0.3) is 0 Å². The van der Waals surface area contributed by atoms with Crippen LogP contribution in [0.3, 0.4) is 0 Å². The lowest BCUT2D eigenvalue weighted by Gasteiger charge is -2.07. The van der Waals surface area contributed by atoms with Crippen LogP contribution < -0.4 is 5.32 Å². The Morgan fingerprint density at radius 2 is 1.17 bits per heavy atom. The van der Waals surface area contributed by atoms with Gasteiger partial charge in [0.2, 0.25) is 11.8 Å². The fourth-order valence-corrected chi connectivity index (χ4v) is 2.38. The van der Waals surface area contributed by atoms with E-state index in [1.54, 1.807) is 0 Å². The maximum absolute atomic E-state index is 10.3. The second-order valence-electron chi connectivity index (χ2n) is 4.32. The summed E-state index contributed by atoms with van der Waals surface area (Å²) in [6, 6.07) is 0. The number of unbranched alkanes of at least 4 members (excludes halogenated alkanes) is 5. The number of hydrogen-bond acceptors (Lipinski definition) is 2. The SMILES string of the molecule is BrCCCCCCCCBr.O=C1CCCC(=O)N1. The van der Waals surface area contributed by atoms with Crippen LogP contribution in [0.2, 0.25) is 0 Å². The van der Waals surface area contributed by atoms with Crippen LogP contribution in [0.1, 0.15) is 57.8 Å². The normalized spacial score (nSPS) is 14.8. The Morgan fingerprint density at radius 1 is 0.778 bits per heavy atom. The third kappa shape index (κ3) is 12.6. The van der Waals surface area contributed by atoms with Crippen LogP contribution >= 0.6 is 31.9 Å². The number of nitrogens with one attached hydrogen (secondary N) is 1. The summed E-state index contributed by atoms with van der Waals surface area (Å²) < 4.78 is 0. The Bertz CT molecular complexity index is 213. The van der Waals surface area contributed by atoms with Gasteiger partial charge in [-0.2, -0.15) is 0 Å². The maximum Gasteiger partial charge on any atom is 0.226 e. The van der Waals surface area contributed by atoms with Crippen LogP contribution in [0.5, 0.6) is 0 Å². The van der Waals surface area contributed by atoms with E-state index in [1.165, 1.54) is 49.2 Å². The van der Waals surface area contributed by atoms with Gasteiger partial charge in [-0.3, -0.25) is 14.9 Å². The number of rotatable bonds is 7. The van der Waals surface area contributed by atoms with Crippen LogP contribution in [0.4, 0.5) is 0 Å². The van der Waals surface area contributed by atoms with E-state index in [0.29, 0.717) is 19.3 Å². The van der Waals surface area contributed by atoms with E-state index in [1.807, 2.05) is 0 Å². The molecule has 0 aliphatic carbocycles. The number of alkyl halides is 2. The number of carbonyl (C=O) groups excluding carboxylic acids is 2. The predicted octanol–water partition coefficient (Wildman–Crippen LogP) is 3.93. The molecule has 106 valence electrons. The monoisotopic (exact) mass is 383 g/mol. The average molecular weight is 385 g/mol. The number of imide groups is 1. The van der Waals surface area contributed by atoms with E-state index >= 15 is 0 Å². The molecule has 1 fully saturated rings. The van der Waals surface area contributed by atoms with Crippen LogP contribution in [0, 0.1) is 0 Å². The van der Waals surface area contributed by atoms with E-state index in [-0.39, 0.29) is 11.8 Å². The summed E-state index contributed by atoms with van der Waals surface area (Å²) in [5.41, 5.74) is 0. The molecule has 1 heterocycles. The molecule has 18 heavy (non-hydrogen) atoms. The highest BCUT2D eigenvalue weighted by Crippen LogP contribution is 2.07. The predicted molar refractivity (Wildman–Crippen MR) is 82.3 cm³/mol. The van der Waals surface area contributed by atoms with Crippen molar-refractivity contribution in [3.05, 3.63) is 0 Å². The third-order valence-electron chi connectivity index (χ3n) is 2.60. The molecule has 0 bridgehead atoms. The molecule has 2 amide bonds. The second-order valence-corrected chi connectivity index (χ2v) is 5.91. The minimum absolute atomic E-state index is 0.138. The molecule has 3 nitrogen and oxygen atoms in total. The van der Waals surface area contributed by atoms with Gasteiger partial charge in [0.1, 0.15) is 0 Å². The van der Waals surface area contributed by atoms with Gasteiger partial charge in [-0.1, -0.05) is 57.5 Å². The zero-order chi connectivity index (χ0) is 13.6. The summed E-state index contributed by atoms with van der Waals surface area (Å²) in [5.74, 6) is -0.275. The van der Waals surface area contributed by atoms with Crippen molar-refractivity contribution < 1.29 is 9.59 Å².